The second-order valence-electron chi connectivity index (χ2n) is 5.26. The molecule has 1 aromatic rings. The predicted molar refractivity (Wildman–Crippen MR) is 80.9 cm³/mol. The summed E-state index contributed by atoms with van der Waals surface area (Å²) in [6.07, 6.45) is 0.995. The quantitative estimate of drug-likeness (QED) is 0.769. The number of hydrogen-bond acceptors (Lipinski definition) is 6. The maximum absolute atomic E-state index is 12.6. The van der Waals surface area contributed by atoms with Crippen LogP contribution in [0.2, 0.25) is 0 Å². The van der Waals surface area contributed by atoms with E-state index >= 15 is 0 Å². The molecule has 0 unspecified atom stereocenters. The first-order chi connectivity index (χ1) is 10.8. The van der Waals surface area contributed by atoms with Gasteiger partial charge in [-0.25, -0.2) is 13.9 Å². The molecule has 0 saturated carbocycles. The van der Waals surface area contributed by atoms with Crippen molar-refractivity contribution in [3.05, 3.63) is 24.3 Å². The molecule has 1 fully saturated rings. The third-order valence-electron chi connectivity index (χ3n) is 3.54. The third kappa shape index (κ3) is 4.20. The fraction of sp³-hybridized carbons (Fsp3) is 0.429. The number of carbonyl (C=O) groups is 2. The first kappa shape index (κ1) is 17.2. The average molecular weight is 342 g/mol. The van der Waals surface area contributed by atoms with Gasteiger partial charge in [-0.05, 0) is 37.1 Å². The summed E-state index contributed by atoms with van der Waals surface area (Å²) in [5, 5.41) is 9.06. The van der Waals surface area contributed by atoms with E-state index in [9.17, 15) is 18.0 Å². The molecular weight excluding hydrogens is 324 g/mol. The molecule has 1 atom stereocenters. The van der Waals surface area contributed by atoms with Crippen LogP contribution in [0.4, 0.5) is 5.69 Å². The number of hydrogen-bond donors (Lipinski definition) is 2. The van der Waals surface area contributed by atoms with Gasteiger partial charge in [-0.2, -0.15) is 4.31 Å². The van der Waals surface area contributed by atoms with Gasteiger partial charge in [0, 0.05) is 20.0 Å². The molecule has 1 aromatic carbocycles. The maximum atomic E-state index is 12.6. The lowest BCUT2D eigenvalue weighted by molar-refractivity contribution is -0.143. The van der Waals surface area contributed by atoms with Crippen molar-refractivity contribution in [2.75, 3.05) is 18.6 Å². The Balaban J connectivity index is 2.12. The summed E-state index contributed by atoms with van der Waals surface area (Å²) in [7, 11) is -3.74. The Hall–Kier alpha value is -2.13. The summed E-state index contributed by atoms with van der Waals surface area (Å²) in [6, 6.07) is 5.69. The first-order valence-corrected chi connectivity index (χ1v) is 8.51. The van der Waals surface area contributed by atoms with Crippen molar-refractivity contribution in [3.8, 4) is 0 Å². The summed E-state index contributed by atoms with van der Waals surface area (Å²) in [4.78, 5) is 26.4. The lowest BCUT2D eigenvalue weighted by Crippen LogP contribution is -2.42. The first-order valence-electron chi connectivity index (χ1n) is 7.07. The highest BCUT2D eigenvalue weighted by Gasteiger charge is 2.33. The molecule has 0 aliphatic carbocycles. The molecule has 9 heteroatoms. The van der Waals surface area contributed by atoms with Crippen molar-refractivity contribution in [2.45, 2.75) is 24.7 Å². The average Bonchev–Trinajstić information content (AvgIpc) is 2.53. The Morgan fingerprint density at radius 2 is 1.96 bits per heavy atom. The molecule has 0 bridgehead atoms. The largest absolute Gasteiger partial charge is 0.481 e. The number of sulfonamides is 1. The van der Waals surface area contributed by atoms with Crippen molar-refractivity contribution >= 4 is 27.6 Å². The highest BCUT2D eigenvalue weighted by Crippen LogP contribution is 2.24. The number of carboxylic acid groups (broad SMARTS) is 1. The Bertz CT molecular complexity index is 686. The topological polar surface area (TPSA) is 113 Å². The Kier molecular flexibility index (Phi) is 5.22. The number of benzene rings is 1. The van der Waals surface area contributed by atoms with Crippen molar-refractivity contribution in [1.82, 2.24) is 4.31 Å². The molecule has 1 saturated heterocycles. The van der Waals surface area contributed by atoms with E-state index < -0.39 is 27.9 Å². The smallest absolute Gasteiger partial charge is 0.329 e. The van der Waals surface area contributed by atoms with Crippen LogP contribution in [0, 0.1) is 5.92 Å². The normalized spacial score (nSPS) is 19.1. The number of carbonyl (C=O) groups excluding carboxylic acids is 1. The second-order valence-corrected chi connectivity index (χ2v) is 7.20. The monoisotopic (exact) mass is 342 g/mol. The van der Waals surface area contributed by atoms with Crippen LogP contribution in [-0.2, 0) is 24.4 Å². The summed E-state index contributed by atoms with van der Waals surface area (Å²) in [5.41, 5.74) is 2.82. The van der Waals surface area contributed by atoms with E-state index in [1.165, 1.54) is 35.5 Å². The van der Waals surface area contributed by atoms with Crippen LogP contribution in [-0.4, -0.2) is 42.9 Å². The zero-order valence-electron chi connectivity index (χ0n) is 12.6. The van der Waals surface area contributed by atoms with Gasteiger partial charge in [-0.1, -0.05) is 0 Å². The van der Waals surface area contributed by atoms with Gasteiger partial charge in [0.2, 0.25) is 10.0 Å². The highest BCUT2D eigenvalue weighted by molar-refractivity contribution is 7.89. The molecule has 1 heterocycles. The lowest BCUT2D eigenvalue weighted by atomic mass is 10.0. The van der Waals surface area contributed by atoms with E-state index in [-0.39, 0.29) is 11.4 Å². The molecule has 0 aromatic heterocycles. The van der Waals surface area contributed by atoms with Crippen LogP contribution in [0.1, 0.15) is 19.8 Å². The van der Waals surface area contributed by atoms with Crippen LogP contribution < -0.4 is 5.48 Å². The lowest BCUT2D eigenvalue weighted by Gasteiger charge is -2.29. The van der Waals surface area contributed by atoms with Crippen LogP contribution in [0.3, 0.4) is 0 Å². The standard InChI is InChI=1S/C14H18N2O6S/c1-10(17)22-15-12-4-6-13(7-5-12)23(20,21)16-8-2-3-11(9-16)14(18)19/h4-7,11,15H,2-3,8-9H2,1H3,(H,18,19)/t11-/m1/s1. The summed E-state index contributed by atoms with van der Waals surface area (Å²) < 4.78 is 26.3. The number of aliphatic carboxylic acids is 1. The SMILES string of the molecule is CC(=O)ONc1ccc(S(=O)(=O)N2CCC[C@@H](C(=O)O)C2)cc1. The number of rotatable bonds is 5. The van der Waals surface area contributed by atoms with Crippen molar-refractivity contribution in [3.63, 3.8) is 0 Å². The van der Waals surface area contributed by atoms with Gasteiger partial charge in [-0.3, -0.25) is 9.59 Å². The molecule has 2 rings (SSSR count). The van der Waals surface area contributed by atoms with Crippen LogP contribution in [0.25, 0.3) is 0 Å². The molecule has 126 valence electrons. The van der Waals surface area contributed by atoms with Crippen LogP contribution in [0.5, 0.6) is 0 Å². The van der Waals surface area contributed by atoms with E-state index in [1.54, 1.807) is 0 Å². The Morgan fingerprint density at radius 3 is 2.52 bits per heavy atom. The molecule has 8 nitrogen and oxygen atoms in total. The van der Waals surface area contributed by atoms with E-state index in [4.69, 9.17) is 5.11 Å². The van der Waals surface area contributed by atoms with Gasteiger partial charge in [0.05, 0.1) is 16.5 Å². The number of piperidine rings is 1. The summed E-state index contributed by atoms with van der Waals surface area (Å²) in [6.45, 7) is 1.52. The Morgan fingerprint density at radius 1 is 1.30 bits per heavy atom. The van der Waals surface area contributed by atoms with E-state index in [1.807, 2.05) is 0 Å². The fourth-order valence-electron chi connectivity index (χ4n) is 2.34. The minimum Gasteiger partial charge on any atom is -0.481 e. The molecule has 23 heavy (non-hydrogen) atoms. The number of nitrogens with one attached hydrogen (secondary N) is 1. The zero-order valence-corrected chi connectivity index (χ0v) is 13.4. The zero-order chi connectivity index (χ0) is 17.0. The van der Waals surface area contributed by atoms with Crippen LogP contribution >= 0.6 is 0 Å². The van der Waals surface area contributed by atoms with Gasteiger partial charge in [0.25, 0.3) is 0 Å². The molecule has 2 N–H and O–H groups in total. The second kappa shape index (κ2) is 6.97. The highest BCUT2D eigenvalue weighted by atomic mass is 32.2. The van der Waals surface area contributed by atoms with Gasteiger partial charge < -0.3 is 9.94 Å². The fourth-order valence-corrected chi connectivity index (χ4v) is 3.86. The van der Waals surface area contributed by atoms with Crippen LogP contribution in [0.15, 0.2) is 29.2 Å². The van der Waals surface area contributed by atoms with Gasteiger partial charge in [0.1, 0.15) is 0 Å². The number of nitrogens with zero attached hydrogens (tertiary/aromatic N) is 1. The van der Waals surface area contributed by atoms with Gasteiger partial charge >= 0.3 is 11.9 Å². The molecule has 0 radical (unpaired) electrons. The Labute approximate surface area is 134 Å². The van der Waals surface area contributed by atoms with Crippen molar-refractivity contribution < 1.29 is 28.0 Å². The minimum absolute atomic E-state index is 0.0227. The summed E-state index contributed by atoms with van der Waals surface area (Å²) >= 11 is 0. The summed E-state index contributed by atoms with van der Waals surface area (Å²) in [5.74, 6) is -2.18. The van der Waals surface area contributed by atoms with Crippen molar-refractivity contribution in [1.29, 1.82) is 0 Å². The molecular formula is C14H18N2O6S. The van der Waals surface area contributed by atoms with Crippen molar-refractivity contribution in [2.24, 2.45) is 5.92 Å². The van der Waals surface area contributed by atoms with Gasteiger partial charge in [0.15, 0.2) is 0 Å². The number of carboxylic acids is 1. The third-order valence-corrected chi connectivity index (χ3v) is 5.42. The maximum Gasteiger partial charge on any atom is 0.329 e. The molecule has 1 aliphatic heterocycles. The van der Waals surface area contributed by atoms with Gasteiger partial charge in [-0.15, -0.1) is 0 Å². The number of anilines is 1. The minimum atomic E-state index is -3.74. The molecule has 0 amide bonds. The van der Waals surface area contributed by atoms with E-state index in [2.05, 4.69) is 10.3 Å². The predicted octanol–water partition coefficient (Wildman–Crippen LogP) is 1.06. The van der Waals surface area contributed by atoms with E-state index in [0.717, 1.165) is 0 Å². The molecule has 1 aliphatic rings. The molecule has 0 spiro atoms. The van der Waals surface area contributed by atoms with E-state index in [0.29, 0.717) is 25.1 Å².